The number of carbonyl (C=O) groups excluding carboxylic acids is 2. The zero-order valence-electron chi connectivity index (χ0n) is 17.7. The predicted molar refractivity (Wildman–Crippen MR) is 127 cm³/mol. The Hall–Kier alpha value is -4.42. The number of amides is 2. The fourth-order valence-electron chi connectivity index (χ4n) is 3.27. The highest BCUT2D eigenvalue weighted by Gasteiger charge is 2.35. The number of carbonyl (C=O) groups is 2. The maximum absolute atomic E-state index is 12.7. The van der Waals surface area contributed by atoms with Crippen molar-refractivity contribution in [2.45, 2.75) is 13.2 Å². The number of nitro benzene ring substituents is 1. The Kier molecular flexibility index (Phi) is 6.71. The van der Waals surface area contributed by atoms with Gasteiger partial charge in [-0.05, 0) is 47.2 Å². The van der Waals surface area contributed by atoms with Crippen molar-refractivity contribution in [1.82, 2.24) is 4.90 Å². The number of hydrogen-bond acceptors (Lipinski definition) is 7. The monoisotopic (exact) mass is 471 g/mol. The molecule has 2 amide bonds. The minimum absolute atomic E-state index is 0.0386. The van der Waals surface area contributed by atoms with Crippen molar-refractivity contribution in [3.05, 3.63) is 110 Å². The normalized spacial score (nSPS) is 14.3. The number of nitriles is 1. The lowest BCUT2D eigenvalue weighted by Crippen LogP contribution is -2.27. The first-order valence-corrected chi connectivity index (χ1v) is 11.0. The Balaban J connectivity index is 1.40. The average Bonchev–Trinajstić information content (AvgIpc) is 3.11. The quantitative estimate of drug-likeness (QED) is 0.262. The lowest BCUT2D eigenvalue weighted by Gasteiger charge is -2.12. The molecule has 34 heavy (non-hydrogen) atoms. The third-order valence-electron chi connectivity index (χ3n) is 5.07. The van der Waals surface area contributed by atoms with Crippen LogP contribution in [0.4, 0.5) is 10.5 Å². The molecule has 4 rings (SSSR count). The molecule has 0 saturated carbocycles. The highest BCUT2D eigenvalue weighted by atomic mass is 32.2. The molecule has 0 radical (unpaired) electrons. The van der Waals surface area contributed by atoms with Gasteiger partial charge in [-0.1, -0.05) is 42.5 Å². The second-order valence-electron chi connectivity index (χ2n) is 7.32. The fraction of sp³-hybridized carbons (Fsp3) is 0.0800. The number of imide groups is 1. The molecule has 0 unspecified atom stereocenters. The Labute approximate surface area is 199 Å². The Morgan fingerprint density at radius 1 is 1.03 bits per heavy atom. The molecule has 168 valence electrons. The van der Waals surface area contributed by atoms with Crippen LogP contribution >= 0.6 is 11.8 Å². The Bertz CT molecular complexity index is 1330. The van der Waals surface area contributed by atoms with Crippen molar-refractivity contribution < 1.29 is 19.2 Å². The summed E-state index contributed by atoms with van der Waals surface area (Å²) in [5.74, 6) is 0.193. The summed E-state index contributed by atoms with van der Waals surface area (Å²) < 4.78 is 5.76. The first kappa shape index (κ1) is 22.8. The standard InChI is InChI=1S/C25H17N3O5S/c26-14-19-3-1-2-4-20(19)16-33-22-11-7-17(8-12-22)13-23-24(29)27(25(30)34-23)15-18-5-9-21(10-6-18)28(31)32/h1-13H,15-16H2/b23-13-. The van der Waals surface area contributed by atoms with E-state index in [4.69, 9.17) is 10.00 Å². The molecule has 9 heteroatoms. The molecule has 0 atom stereocenters. The van der Waals surface area contributed by atoms with Gasteiger partial charge in [0.25, 0.3) is 16.8 Å². The van der Waals surface area contributed by atoms with E-state index in [0.717, 1.165) is 27.8 Å². The van der Waals surface area contributed by atoms with Crippen LogP contribution in [0, 0.1) is 21.4 Å². The van der Waals surface area contributed by atoms with Crippen LogP contribution in [-0.2, 0) is 17.9 Å². The first-order valence-electron chi connectivity index (χ1n) is 10.1. The zero-order valence-corrected chi connectivity index (χ0v) is 18.5. The van der Waals surface area contributed by atoms with Gasteiger partial charge in [-0.15, -0.1) is 0 Å². The molecule has 1 saturated heterocycles. The van der Waals surface area contributed by atoms with Crippen molar-refractivity contribution in [3.63, 3.8) is 0 Å². The van der Waals surface area contributed by atoms with Crippen LogP contribution in [0.3, 0.4) is 0 Å². The third kappa shape index (κ3) is 5.14. The van der Waals surface area contributed by atoms with Crippen LogP contribution in [0.2, 0.25) is 0 Å². The van der Waals surface area contributed by atoms with Crippen LogP contribution in [0.15, 0.2) is 77.7 Å². The molecule has 0 N–H and O–H groups in total. The van der Waals surface area contributed by atoms with Crippen LogP contribution in [0.1, 0.15) is 22.3 Å². The lowest BCUT2D eigenvalue weighted by atomic mass is 10.1. The number of non-ortho nitro benzene ring substituents is 1. The van der Waals surface area contributed by atoms with E-state index in [1.54, 1.807) is 42.5 Å². The summed E-state index contributed by atoms with van der Waals surface area (Å²) in [7, 11) is 0. The van der Waals surface area contributed by atoms with Gasteiger partial charge in [0.15, 0.2) is 0 Å². The van der Waals surface area contributed by atoms with E-state index in [0.29, 0.717) is 21.8 Å². The highest BCUT2D eigenvalue weighted by Crippen LogP contribution is 2.33. The summed E-state index contributed by atoms with van der Waals surface area (Å²) in [4.78, 5) is 36.8. The molecule has 1 heterocycles. The summed E-state index contributed by atoms with van der Waals surface area (Å²) in [6, 6.07) is 22.1. The minimum atomic E-state index is -0.506. The molecular weight excluding hydrogens is 454 g/mol. The smallest absolute Gasteiger partial charge is 0.293 e. The van der Waals surface area contributed by atoms with E-state index in [1.807, 2.05) is 12.1 Å². The molecule has 3 aromatic rings. The van der Waals surface area contributed by atoms with E-state index in [-0.39, 0.29) is 18.8 Å². The number of thioether (sulfide) groups is 1. The van der Waals surface area contributed by atoms with Gasteiger partial charge in [0.05, 0.1) is 28.0 Å². The summed E-state index contributed by atoms with van der Waals surface area (Å²) in [5, 5.41) is 19.6. The first-order chi connectivity index (χ1) is 16.4. The van der Waals surface area contributed by atoms with E-state index < -0.39 is 16.1 Å². The summed E-state index contributed by atoms with van der Waals surface area (Å²) in [6.45, 7) is 0.293. The molecule has 1 aliphatic heterocycles. The number of nitro groups is 1. The minimum Gasteiger partial charge on any atom is -0.489 e. The van der Waals surface area contributed by atoms with Crippen molar-refractivity contribution in [2.24, 2.45) is 0 Å². The number of ether oxygens (including phenoxy) is 1. The fourth-order valence-corrected chi connectivity index (χ4v) is 4.11. The summed E-state index contributed by atoms with van der Waals surface area (Å²) in [6.07, 6.45) is 1.63. The molecule has 8 nitrogen and oxygen atoms in total. The number of benzene rings is 3. The van der Waals surface area contributed by atoms with Gasteiger partial charge in [-0.25, -0.2) is 0 Å². The van der Waals surface area contributed by atoms with Gasteiger partial charge in [0, 0.05) is 17.7 Å². The van der Waals surface area contributed by atoms with Crippen molar-refractivity contribution in [3.8, 4) is 11.8 Å². The molecule has 3 aromatic carbocycles. The Morgan fingerprint density at radius 3 is 2.41 bits per heavy atom. The predicted octanol–water partition coefficient (Wildman–Crippen LogP) is 5.28. The van der Waals surface area contributed by atoms with E-state index >= 15 is 0 Å². The van der Waals surface area contributed by atoms with Crippen LogP contribution in [0.5, 0.6) is 5.75 Å². The van der Waals surface area contributed by atoms with Crippen molar-refractivity contribution >= 4 is 34.7 Å². The van der Waals surface area contributed by atoms with Gasteiger partial charge in [0.2, 0.25) is 0 Å². The largest absolute Gasteiger partial charge is 0.489 e. The SMILES string of the molecule is N#Cc1ccccc1COc1ccc(/C=C2\SC(=O)N(Cc3ccc([N+](=O)[O-])cc3)C2=O)cc1. The second-order valence-corrected chi connectivity index (χ2v) is 8.31. The van der Waals surface area contributed by atoms with Crippen molar-refractivity contribution in [2.75, 3.05) is 0 Å². The maximum atomic E-state index is 12.7. The molecule has 1 fully saturated rings. The zero-order chi connectivity index (χ0) is 24.1. The van der Waals surface area contributed by atoms with E-state index in [2.05, 4.69) is 6.07 Å². The second kappa shape index (κ2) is 10.0. The molecule has 0 aromatic heterocycles. The van der Waals surface area contributed by atoms with Gasteiger partial charge < -0.3 is 4.74 Å². The van der Waals surface area contributed by atoms with Gasteiger partial charge in [-0.2, -0.15) is 5.26 Å². The number of rotatable bonds is 7. The highest BCUT2D eigenvalue weighted by molar-refractivity contribution is 8.18. The molecule has 0 bridgehead atoms. The van der Waals surface area contributed by atoms with E-state index in [1.165, 1.54) is 24.3 Å². The Morgan fingerprint density at radius 2 is 1.74 bits per heavy atom. The molecule has 1 aliphatic rings. The topological polar surface area (TPSA) is 114 Å². The van der Waals surface area contributed by atoms with Crippen LogP contribution in [0.25, 0.3) is 6.08 Å². The third-order valence-corrected chi connectivity index (χ3v) is 5.98. The molecule has 0 spiro atoms. The summed E-state index contributed by atoms with van der Waals surface area (Å²) in [5.41, 5.74) is 2.64. The molecular formula is C25H17N3O5S. The van der Waals surface area contributed by atoms with Gasteiger partial charge >= 0.3 is 0 Å². The van der Waals surface area contributed by atoms with Crippen molar-refractivity contribution in [1.29, 1.82) is 5.26 Å². The van der Waals surface area contributed by atoms with Gasteiger partial charge in [-0.3, -0.25) is 24.6 Å². The average molecular weight is 471 g/mol. The van der Waals surface area contributed by atoms with Gasteiger partial charge in [0.1, 0.15) is 12.4 Å². The number of hydrogen-bond donors (Lipinski definition) is 0. The number of nitrogens with zero attached hydrogens (tertiary/aromatic N) is 3. The van der Waals surface area contributed by atoms with E-state index in [9.17, 15) is 19.7 Å². The maximum Gasteiger partial charge on any atom is 0.293 e. The lowest BCUT2D eigenvalue weighted by molar-refractivity contribution is -0.384. The van der Waals surface area contributed by atoms with Crippen LogP contribution < -0.4 is 4.74 Å². The summed E-state index contributed by atoms with van der Waals surface area (Å²) >= 11 is 0.848. The van der Waals surface area contributed by atoms with Crippen LogP contribution in [-0.4, -0.2) is 21.0 Å². The molecule has 0 aliphatic carbocycles.